The molecule has 1 N–H and O–H groups in total. The van der Waals surface area contributed by atoms with Gasteiger partial charge in [-0.15, -0.1) is 0 Å². The van der Waals surface area contributed by atoms with E-state index in [0.29, 0.717) is 5.92 Å². The third kappa shape index (κ3) is 0.685. The Morgan fingerprint density at radius 3 is 3.40 bits per heavy atom. The lowest BCUT2D eigenvalue weighted by atomic mass is 9.92. The molecule has 0 aromatic rings. The second-order valence-electron chi connectivity index (χ2n) is 2.63. The highest BCUT2D eigenvalue weighted by Crippen LogP contribution is 2.22. The van der Waals surface area contributed by atoms with Crippen molar-refractivity contribution in [3.05, 3.63) is 24.3 Å². The van der Waals surface area contributed by atoms with E-state index in [0.717, 1.165) is 6.54 Å². The molecule has 2 unspecified atom stereocenters. The van der Waals surface area contributed by atoms with Crippen molar-refractivity contribution in [2.45, 2.75) is 0 Å². The van der Waals surface area contributed by atoms with Gasteiger partial charge in [0.2, 0.25) is 5.91 Å². The van der Waals surface area contributed by atoms with Gasteiger partial charge in [-0.05, 0) is 6.08 Å². The largest absolute Gasteiger partial charge is 0.355 e. The van der Waals surface area contributed by atoms with Gasteiger partial charge in [0.15, 0.2) is 0 Å². The summed E-state index contributed by atoms with van der Waals surface area (Å²) in [5.74, 6) is 0.595. The van der Waals surface area contributed by atoms with E-state index in [1.165, 1.54) is 0 Å². The number of hydrogen-bond acceptors (Lipinski definition) is 1. The van der Waals surface area contributed by atoms with Crippen molar-refractivity contribution in [3.8, 4) is 0 Å². The van der Waals surface area contributed by atoms with Crippen LogP contribution in [0, 0.1) is 17.9 Å². The van der Waals surface area contributed by atoms with Crippen LogP contribution in [-0.4, -0.2) is 12.5 Å². The normalized spacial score (nSPS) is 35.8. The van der Waals surface area contributed by atoms with Crippen molar-refractivity contribution in [1.29, 1.82) is 0 Å². The predicted octanol–water partition coefficient (Wildman–Crippen LogP) is 0.278. The minimum atomic E-state index is 0.0845. The van der Waals surface area contributed by atoms with Gasteiger partial charge in [0.1, 0.15) is 0 Å². The zero-order valence-electron chi connectivity index (χ0n) is 5.50. The van der Waals surface area contributed by atoms with Crippen LogP contribution >= 0.6 is 0 Å². The molecule has 2 rings (SSSR count). The van der Waals surface area contributed by atoms with Crippen molar-refractivity contribution < 1.29 is 4.79 Å². The van der Waals surface area contributed by atoms with Gasteiger partial charge in [-0.1, -0.05) is 18.2 Å². The molecule has 0 aromatic heterocycles. The van der Waals surface area contributed by atoms with E-state index in [-0.39, 0.29) is 11.8 Å². The van der Waals surface area contributed by atoms with Crippen LogP contribution in [0.4, 0.5) is 0 Å². The van der Waals surface area contributed by atoms with Crippen LogP contribution in [0.5, 0.6) is 0 Å². The van der Waals surface area contributed by atoms with Crippen LogP contribution in [0.1, 0.15) is 0 Å². The topological polar surface area (TPSA) is 29.1 Å². The first-order valence-corrected chi connectivity index (χ1v) is 3.42. The first-order valence-electron chi connectivity index (χ1n) is 3.42. The highest BCUT2D eigenvalue weighted by Gasteiger charge is 2.31. The summed E-state index contributed by atoms with van der Waals surface area (Å²) in [6.07, 6.45) is 8.66. The Hall–Kier alpha value is -1.05. The lowest BCUT2D eigenvalue weighted by Crippen LogP contribution is -2.18. The number of amides is 1. The Morgan fingerprint density at radius 1 is 1.70 bits per heavy atom. The van der Waals surface area contributed by atoms with E-state index in [1.54, 1.807) is 0 Å². The number of nitrogens with one attached hydrogen (secondary N) is 1. The van der Waals surface area contributed by atoms with Crippen molar-refractivity contribution in [2.24, 2.45) is 11.8 Å². The van der Waals surface area contributed by atoms with Gasteiger partial charge in [-0.25, -0.2) is 0 Å². The molecule has 0 bridgehead atoms. The average Bonchev–Trinajstić information content (AvgIpc) is 2.34. The number of allylic oxidation sites excluding steroid dienone is 2. The van der Waals surface area contributed by atoms with E-state index in [1.807, 2.05) is 18.2 Å². The molecular formula is C8H8NO. The van der Waals surface area contributed by atoms with Gasteiger partial charge in [-0.2, -0.15) is 0 Å². The number of rotatable bonds is 0. The average molecular weight is 134 g/mol. The number of hydrogen-bond donors (Lipinski definition) is 1. The molecule has 1 fully saturated rings. The quantitative estimate of drug-likeness (QED) is 0.506. The SMILES string of the molecule is O=C1NCC2C=[C]C=CC12. The number of carbonyl (C=O) groups is 1. The van der Waals surface area contributed by atoms with Gasteiger partial charge in [-0.3, -0.25) is 4.79 Å². The molecule has 2 nitrogen and oxygen atoms in total. The standard InChI is InChI=1S/C8H8NO/c10-8-7-4-2-1-3-6(7)5-9-8/h2-4,6-7H,5H2,(H,9,10). The van der Waals surface area contributed by atoms with Gasteiger partial charge in [0, 0.05) is 12.5 Å². The lowest BCUT2D eigenvalue weighted by Gasteiger charge is -2.09. The number of fused-ring (bicyclic) bond motifs is 1. The lowest BCUT2D eigenvalue weighted by molar-refractivity contribution is -0.121. The van der Waals surface area contributed by atoms with E-state index in [9.17, 15) is 4.79 Å². The van der Waals surface area contributed by atoms with Gasteiger partial charge >= 0.3 is 0 Å². The molecule has 1 saturated heterocycles. The van der Waals surface area contributed by atoms with Crippen molar-refractivity contribution in [3.63, 3.8) is 0 Å². The molecule has 51 valence electrons. The van der Waals surface area contributed by atoms with Crippen molar-refractivity contribution in [1.82, 2.24) is 5.32 Å². The molecule has 10 heavy (non-hydrogen) atoms. The molecule has 2 atom stereocenters. The third-order valence-corrected chi connectivity index (χ3v) is 1.99. The van der Waals surface area contributed by atoms with Crippen LogP contribution in [0.25, 0.3) is 0 Å². The summed E-state index contributed by atoms with van der Waals surface area (Å²) in [6.45, 7) is 0.779. The fourth-order valence-corrected chi connectivity index (χ4v) is 1.39. The van der Waals surface area contributed by atoms with E-state index in [4.69, 9.17) is 0 Å². The zero-order chi connectivity index (χ0) is 6.97. The highest BCUT2D eigenvalue weighted by atomic mass is 16.2. The molecular weight excluding hydrogens is 126 g/mol. The number of carbonyl (C=O) groups excluding carboxylic acids is 1. The first kappa shape index (κ1) is 5.71. The second-order valence-corrected chi connectivity index (χ2v) is 2.63. The maximum atomic E-state index is 11.0. The third-order valence-electron chi connectivity index (χ3n) is 1.99. The highest BCUT2D eigenvalue weighted by molar-refractivity contribution is 5.83. The van der Waals surface area contributed by atoms with Crippen LogP contribution in [0.2, 0.25) is 0 Å². The molecule has 1 aliphatic heterocycles. The van der Waals surface area contributed by atoms with Crippen LogP contribution in [0.15, 0.2) is 18.2 Å². The van der Waals surface area contributed by atoms with Gasteiger partial charge in [0.25, 0.3) is 0 Å². The fraction of sp³-hybridized carbons (Fsp3) is 0.375. The maximum absolute atomic E-state index is 11.0. The van der Waals surface area contributed by atoms with Gasteiger partial charge < -0.3 is 5.32 Å². The predicted molar refractivity (Wildman–Crippen MR) is 36.9 cm³/mol. The molecule has 2 aliphatic rings. The minimum Gasteiger partial charge on any atom is -0.355 e. The summed E-state index contributed by atoms with van der Waals surface area (Å²) in [5.41, 5.74) is 0. The fourth-order valence-electron chi connectivity index (χ4n) is 1.39. The van der Waals surface area contributed by atoms with Crippen LogP contribution in [0.3, 0.4) is 0 Å². The van der Waals surface area contributed by atoms with Crippen LogP contribution < -0.4 is 5.32 Å². The Balaban J connectivity index is 2.27. The molecule has 1 amide bonds. The summed E-state index contributed by atoms with van der Waals surface area (Å²) in [6, 6.07) is 0. The summed E-state index contributed by atoms with van der Waals surface area (Å²) in [4.78, 5) is 11.0. The second kappa shape index (κ2) is 1.97. The smallest absolute Gasteiger partial charge is 0.227 e. The molecule has 1 radical (unpaired) electrons. The zero-order valence-corrected chi connectivity index (χ0v) is 5.50. The van der Waals surface area contributed by atoms with Crippen molar-refractivity contribution in [2.75, 3.05) is 6.54 Å². The molecule has 2 heteroatoms. The first-order chi connectivity index (χ1) is 4.88. The summed E-state index contributed by atoms with van der Waals surface area (Å²) >= 11 is 0. The van der Waals surface area contributed by atoms with E-state index < -0.39 is 0 Å². The molecule has 0 aromatic carbocycles. The molecule has 1 aliphatic carbocycles. The van der Waals surface area contributed by atoms with Crippen LogP contribution in [-0.2, 0) is 4.79 Å². The Kier molecular flexibility index (Phi) is 1.13. The summed E-state index contributed by atoms with van der Waals surface area (Å²) < 4.78 is 0. The minimum absolute atomic E-state index is 0.0845. The van der Waals surface area contributed by atoms with E-state index >= 15 is 0 Å². The summed E-state index contributed by atoms with van der Waals surface area (Å²) in [5, 5.41) is 2.80. The Morgan fingerprint density at radius 2 is 2.60 bits per heavy atom. The van der Waals surface area contributed by atoms with Crippen molar-refractivity contribution >= 4 is 5.91 Å². The molecule has 0 saturated carbocycles. The Bertz CT molecular complexity index is 217. The monoisotopic (exact) mass is 134 g/mol. The maximum Gasteiger partial charge on any atom is 0.227 e. The van der Waals surface area contributed by atoms with E-state index in [2.05, 4.69) is 11.4 Å². The molecule has 0 spiro atoms. The van der Waals surface area contributed by atoms with Gasteiger partial charge in [0.05, 0.1) is 5.92 Å². The summed E-state index contributed by atoms with van der Waals surface area (Å²) in [7, 11) is 0. The molecule has 1 heterocycles. The Labute approximate surface area is 59.6 Å².